The lowest BCUT2D eigenvalue weighted by molar-refractivity contribution is -0.124. The Balaban J connectivity index is 1.72. The topological polar surface area (TPSA) is 70.2 Å². The number of benzene rings is 2. The Morgan fingerprint density at radius 3 is 2.70 bits per heavy atom. The number of anilines is 1. The first kappa shape index (κ1) is 12.6. The van der Waals surface area contributed by atoms with Gasteiger partial charge in [-0.05, 0) is 22.9 Å². The first-order valence-corrected chi connectivity index (χ1v) is 6.52. The largest absolute Gasteiger partial charge is 0.353 e. The molecule has 1 heterocycles. The van der Waals surface area contributed by atoms with E-state index in [4.69, 9.17) is 0 Å². The Hall–Kier alpha value is -2.40. The van der Waals surface area contributed by atoms with Gasteiger partial charge in [0.05, 0.1) is 6.54 Å². The van der Waals surface area contributed by atoms with Gasteiger partial charge < -0.3 is 10.6 Å². The molecule has 3 rings (SSSR count). The Morgan fingerprint density at radius 1 is 1.15 bits per heavy atom. The van der Waals surface area contributed by atoms with Crippen molar-refractivity contribution in [1.82, 2.24) is 10.6 Å². The van der Waals surface area contributed by atoms with Crippen LogP contribution in [0.5, 0.6) is 0 Å². The molecule has 20 heavy (non-hydrogen) atoms. The maximum atomic E-state index is 12.1. The fraction of sp³-hybridized carbons (Fsp3) is 0.200. The summed E-state index contributed by atoms with van der Waals surface area (Å²) in [6.45, 7) is 0.494. The highest BCUT2D eigenvalue weighted by molar-refractivity contribution is 5.98. The smallest absolute Gasteiger partial charge is 0.243 e. The van der Waals surface area contributed by atoms with E-state index in [-0.39, 0.29) is 24.4 Å². The predicted molar refractivity (Wildman–Crippen MR) is 77.4 cm³/mol. The van der Waals surface area contributed by atoms with Gasteiger partial charge in [0.1, 0.15) is 6.04 Å². The zero-order valence-corrected chi connectivity index (χ0v) is 10.8. The lowest BCUT2D eigenvalue weighted by Gasteiger charge is -2.23. The lowest BCUT2D eigenvalue weighted by Crippen LogP contribution is -2.56. The average Bonchev–Trinajstić information content (AvgIpc) is 2.48. The minimum atomic E-state index is -0.390. The summed E-state index contributed by atoms with van der Waals surface area (Å²) in [7, 11) is 0. The first-order chi connectivity index (χ1) is 9.72. The highest BCUT2D eigenvalue weighted by Crippen LogP contribution is 2.18. The molecule has 1 aliphatic heterocycles. The molecule has 0 bridgehead atoms. The number of hydrogen-bond acceptors (Lipinski definition) is 3. The number of carbonyl (C=O) groups excluding carboxylic acids is 2. The van der Waals surface area contributed by atoms with Crippen molar-refractivity contribution in [1.29, 1.82) is 0 Å². The second-order valence-corrected chi connectivity index (χ2v) is 4.79. The number of hydrogen-bond donors (Lipinski definition) is 3. The van der Waals surface area contributed by atoms with Gasteiger partial charge in [-0.25, -0.2) is 0 Å². The second kappa shape index (κ2) is 5.30. The highest BCUT2D eigenvalue weighted by atomic mass is 16.2. The maximum absolute atomic E-state index is 12.1. The van der Waals surface area contributed by atoms with Crippen molar-refractivity contribution in [2.45, 2.75) is 6.04 Å². The molecular formula is C15H15N3O2. The third kappa shape index (κ3) is 2.62. The molecule has 2 amide bonds. The van der Waals surface area contributed by atoms with E-state index in [1.54, 1.807) is 0 Å². The third-order valence-corrected chi connectivity index (χ3v) is 3.35. The molecule has 0 aromatic heterocycles. The SMILES string of the molecule is O=C1CNC(C(=O)Nc2ccc3ccccc3c2)CN1. The monoisotopic (exact) mass is 269 g/mol. The van der Waals surface area contributed by atoms with Gasteiger partial charge in [-0.2, -0.15) is 0 Å². The van der Waals surface area contributed by atoms with Gasteiger partial charge in [0.15, 0.2) is 0 Å². The van der Waals surface area contributed by atoms with E-state index in [9.17, 15) is 9.59 Å². The number of rotatable bonds is 2. The van der Waals surface area contributed by atoms with E-state index in [1.165, 1.54) is 0 Å². The Morgan fingerprint density at radius 2 is 1.95 bits per heavy atom. The van der Waals surface area contributed by atoms with E-state index in [0.29, 0.717) is 6.54 Å². The number of amides is 2. The average molecular weight is 269 g/mol. The number of nitrogens with one attached hydrogen (secondary N) is 3. The van der Waals surface area contributed by atoms with Crippen molar-refractivity contribution in [3.8, 4) is 0 Å². The van der Waals surface area contributed by atoms with Crippen LogP contribution >= 0.6 is 0 Å². The minimum Gasteiger partial charge on any atom is -0.353 e. The Kier molecular flexibility index (Phi) is 3.35. The second-order valence-electron chi connectivity index (χ2n) is 4.79. The van der Waals surface area contributed by atoms with Crippen LogP contribution in [0.3, 0.4) is 0 Å². The molecule has 5 nitrogen and oxygen atoms in total. The van der Waals surface area contributed by atoms with E-state index in [0.717, 1.165) is 16.5 Å². The normalized spacial score (nSPS) is 18.6. The van der Waals surface area contributed by atoms with Crippen LogP contribution in [0.1, 0.15) is 0 Å². The van der Waals surface area contributed by atoms with Gasteiger partial charge in [0, 0.05) is 12.2 Å². The minimum absolute atomic E-state index is 0.0836. The van der Waals surface area contributed by atoms with Gasteiger partial charge in [-0.1, -0.05) is 30.3 Å². The highest BCUT2D eigenvalue weighted by Gasteiger charge is 2.23. The predicted octanol–water partition coefficient (Wildman–Crippen LogP) is 0.866. The molecule has 1 saturated heterocycles. The van der Waals surface area contributed by atoms with Crippen molar-refractivity contribution in [3.05, 3.63) is 42.5 Å². The van der Waals surface area contributed by atoms with Gasteiger partial charge in [0.2, 0.25) is 11.8 Å². The van der Waals surface area contributed by atoms with Crippen LogP contribution in [0.4, 0.5) is 5.69 Å². The molecule has 1 fully saturated rings. The van der Waals surface area contributed by atoms with Crippen molar-refractivity contribution in [2.75, 3.05) is 18.4 Å². The molecule has 1 atom stereocenters. The van der Waals surface area contributed by atoms with Gasteiger partial charge in [0.25, 0.3) is 0 Å². The molecule has 0 radical (unpaired) electrons. The molecule has 1 unspecified atom stereocenters. The van der Waals surface area contributed by atoms with Crippen LogP contribution in [0.2, 0.25) is 0 Å². The Labute approximate surface area is 116 Å². The number of carbonyl (C=O) groups is 2. The standard InChI is InChI=1S/C15H15N3O2/c19-14-9-16-13(8-17-14)15(20)18-12-6-5-10-3-1-2-4-11(10)7-12/h1-7,13,16H,8-9H2,(H,17,19)(H,18,20). The van der Waals surface area contributed by atoms with Crippen LogP contribution in [-0.2, 0) is 9.59 Å². The lowest BCUT2D eigenvalue weighted by atomic mass is 10.1. The van der Waals surface area contributed by atoms with Crippen LogP contribution < -0.4 is 16.0 Å². The summed E-state index contributed by atoms with van der Waals surface area (Å²) in [5.74, 6) is -0.222. The van der Waals surface area contributed by atoms with Gasteiger partial charge >= 0.3 is 0 Å². The van der Waals surface area contributed by atoms with E-state index < -0.39 is 0 Å². The molecule has 1 aliphatic rings. The fourth-order valence-electron chi connectivity index (χ4n) is 2.25. The Bertz CT molecular complexity index is 659. The summed E-state index contributed by atoms with van der Waals surface area (Å²) in [6, 6.07) is 13.4. The summed E-state index contributed by atoms with van der Waals surface area (Å²) in [5, 5.41) is 10.6. The zero-order chi connectivity index (χ0) is 13.9. The van der Waals surface area contributed by atoms with E-state index in [2.05, 4.69) is 16.0 Å². The molecule has 102 valence electrons. The molecule has 0 saturated carbocycles. The number of fused-ring (bicyclic) bond motifs is 1. The third-order valence-electron chi connectivity index (χ3n) is 3.35. The molecule has 2 aromatic rings. The summed E-state index contributed by atoms with van der Waals surface area (Å²) >= 11 is 0. The molecular weight excluding hydrogens is 254 g/mol. The van der Waals surface area contributed by atoms with Crippen molar-refractivity contribution < 1.29 is 9.59 Å². The van der Waals surface area contributed by atoms with Crippen molar-refractivity contribution >= 4 is 28.3 Å². The summed E-state index contributed by atoms with van der Waals surface area (Å²) in [4.78, 5) is 23.1. The molecule has 5 heteroatoms. The van der Waals surface area contributed by atoms with Crippen LogP contribution in [-0.4, -0.2) is 30.9 Å². The van der Waals surface area contributed by atoms with Gasteiger partial charge in [-0.15, -0.1) is 0 Å². The first-order valence-electron chi connectivity index (χ1n) is 6.52. The van der Waals surface area contributed by atoms with E-state index >= 15 is 0 Å². The zero-order valence-electron chi connectivity index (χ0n) is 10.8. The van der Waals surface area contributed by atoms with Crippen molar-refractivity contribution in [3.63, 3.8) is 0 Å². The summed E-state index contributed by atoms with van der Waals surface area (Å²) < 4.78 is 0. The molecule has 0 aliphatic carbocycles. The number of piperazine rings is 1. The molecule has 0 spiro atoms. The van der Waals surface area contributed by atoms with Crippen LogP contribution in [0, 0.1) is 0 Å². The van der Waals surface area contributed by atoms with Crippen LogP contribution in [0.15, 0.2) is 42.5 Å². The quantitative estimate of drug-likeness (QED) is 0.757. The van der Waals surface area contributed by atoms with Crippen molar-refractivity contribution in [2.24, 2.45) is 0 Å². The maximum Gasteiger partial charge on any atom is 0.243 e. The van der Waals surface area contributed by atoms with E-state index in [1.807, 2.05) is 42.5 Å². The van der Waals surface area contributed by atoms with Crippen LogP contribution in [0.25, 0.3) is 10.8 Å². The molecule has 3 N–H and O–H groups in total. The fourth-order valence-corrected chi connectivity index (χ4v) is 2.25. The summed E-state index contributed by atoms with van der Waals surface area (Å²) in [6.07, 6.45) is 0. The molecule has 2 aromatic carbocycles. The summed E-state index contributed by atoms with van der Waals surface area (Å²) in [5.41, 5.74) is 0.757. The van der Waals surface area contributed by atoms with Gasteiger partial charge in [-0.3, -0.25) is 14.9 Å².